The van der Waals surface area contributed by atoms with Crippen molar-refractivity contribution in [3.05, 3.63) is 30.3 Å². The van der Waals surface area contributed by atoms with Crippen LogP contribution in [0.2, 0.25) is 0 Å². The summed E-state index contributed by atoms with van der Waals surface area (Å²) in [4.78, 5) is 0. The van der Waals surface area contributed by atoms with Crippen molar-refractivity contribution in [2.45, 2.75) is 0 Å². The van der Waals surface area contributed by atoms with Gasteiger partial charge in [0, 0.05) is 38.9 Å². The fourth-order valence-electron chi connectivity index (χ4n) is 0.605. The maximum atomic E-state index is 3.03. The quantitative estimate of drug-likeness (QED) is 0.786. The number of rotatable bonds is 1. The Morgan fingerprint density at radius 2 is 1.60 bits per heavy atom. The zero-order valence-electron chi connectivity index (χ0n) is 5.79. The third kappa shape index (κ3) is 4.08. The van der Waals surface area contributed by atoms with Gasteiger partial charge in [0.1, 0.15) is 0 Å². The molecule has 0 aliphatic carbocycles. The Morgan fingerprint density at radius 1 is 1.10 bits per heavy atom. The van der Waals surface area contributed by atoms with Crippen LogP contribution in [0.4, 0.5) is 5.69 Å². The second-order valence-electron chi connectivity index (χ2n) is 1.62. The van der Waals surface area contributed by atoms with Crippen molar-refractivity contribution >= 4 is 18.1 Å². The Balaban J connectivity index is 0. The molecule has 1 N–H and O–H groups in total. The maximum absolute atomic E-state index is 3.03. The molecule has 0 fully saturated rings. The van der Waals surface area contributed by atoms with E-state index in [1.165, 1.54) is 0 Å². The maximum Gasteiger partial charge on any atom is 0.0337 e. The van der Waals surface area contributed by atoms with Crippen LogP contribution in [-0.4, -0.2) is 7.05 Å². The van der Waals surface area contributed by atoms with E-state index in [1.807, 2.05) is 37.4 Å². The number of nitrogens with one attached hydrogen (secondary N) is 1. The molecule has 3 heteroatoms. The van der Waals surface area contributed by atoms with Gasteiger partial charge in [0.15, 0.2) is 0 Å². The van der Waals surface area contributed by atoms with Crippen LogP contribution in [0.5, 0.6) is 0 Å². The van der Waals surface area contributed by atoms with Crippen molar-refractivity contribution in [2.75, 3.05) is 12.4 Å². The summed E-state index contributed by atoms with van der Waals surface area (Å²) in [6.07, 6.45) is 0. The molecular weight excluding hydrogens is 225 g/mol. The van der Waals surface area contributed by atoms with Gasteiger partial charge in [-0.05, 0) is 12.1 Å². The monoisotopic (exact) mass is 233 g/mol. The normalized spacial score (nSPS) is 6.90. The smallest absolute Gasteiger partial charge is 0.0337 e. The molecule has 0 unspecified atom stereocenters. The molecule has 0 bridgehead atoms. The molecule has 10 heavy (non-hydrogen) atoms. The third-order valence-corrected chi connectivity index (χ3v) is 1.06. The van der Waals surface area contributed by atoms with Gasteiger partial charge in [0.05, 0.1) is 0 Å². The first-order valence-electron chi connectivity index (χ1n) is 2.66. The summed E-state index contributed by atoms with van der Waals surface area (Å²) >= 11 is 0. The molecule has 0 amide bonds. The van der Waals surface area contributed by atoms with E-state index >= 15 is 0 Å². The van der Waals surface area contributed by atoms with Crippen LogP contribution >= 0.6 is 12.4 Å². The fourth-order valence-corrected chi connectivity index (χ4v) is 0.605. The van der Waals surface area contributed by atoms with E-state index in [2.05, 4.69) is 5.32 Å². The Morgan fingerprint density at radius 3 is 1.90 bits per heavy atom. The zero-order valence-corrected chi connectivity index (χ0v) is 9.07. The summed E-state index contributed by atoms with van der Waals surface area (Å²) in [6, 6.07) is 10.1. The van der Waals surface area contributed by atoms with Crippen molar-refractivity contribution in [3.8, 4) is 0 Å². The second kappa shape index (κ2) is 7.30. The summed E-state index contributed by atoms with van der Waals surface area (Å²) in [5, 5.41) is 3.03. The molecule has 0 saturated carbocycles. The van der Waals surface area contributed by atoms with E-state index in [4.69, 9.17) is 0 Å². The molecule has 0 saturated heterocycles. The van der Waals surface area contributed by atoms with Crippen molar-refractivity contribution in [3.63, 3.8) is 0 Å². The Hall–Kier alpha value is 0.193. The van der Waals surface area contributed by atoms with E-state index in [0.29, 0.717) is 0 Å². The molecule has 1 nitrogen and oxygen atoms in total. The first-order valence-corrected chi connectivity index (χ1v) is 2.66. The van der Waals surface area contributed by atoms with Crippen LogP contribution in [0, 0.1) is 0 Å². The number of hydrogen-bond donors (Lipinski definition) is 1. The molecule has 0 heterocycles. The molecule has 0 atom stereocenters. The molecule has 0 aliphatic heterocycles. The van der Waals surface area contributed by atoms with Gasteiger partial charge in [-0.2, -0.15) is 0 Å². The van der Waals surface area contributed by atoms with E-state index in [9.17, 15) is 0 Å². The van der Waals surface area contributed by atoms with Gasteiger partial charge in [0.2, 0.25) is 0 Å². The Kier molecular flexibility index (Phi) is 9.37. The Labute approximate surface area is 86.7 Å². The third-order valence-electron chi connectivity index (χ3n) is 1.06. The van der Waals surface area contributed by atoms with Gasteiger partial charge in [-0.3, -0.25) is 0 Å². The molecular formula is C7H10ClNZr. The van der Waals surface area contributed by atoms with E-state index < -0.39 is 0 Å². The molecule has 1 aromatic carbocycles. The van der Waals surface area contributed by atoms with Crippen molar-refractivity contribution < 1.29 is 26.2 Å². The molecule has 0 aromatic heterocycles. The average molecular weight is 235 g/mol. The summed E-state index contributed by atoms with van der Waals surface area (Å²) < 4.78 is 0. The van der Waals surface area contributed by atoms with Crippen molar-refractivity contribution in [2.24, 2.45) is 0 Å². The van der Waals surface area contributed by atoms with Crippen LogP contribution in [0.15, 0.2) is 30.3 Å². The topological polar surface area (TPSA) is 12.0 Å². The first kappa shape index (κ1) is 12.8. The fraction of sp³-hybridized carbons (Fsp3) is 0.143. The van der Waals surface area contributed by atoms with Crippen LogP contribution in [0.25, 0.3) is 0 Å². The predicted octanol–water partition coefficient (Wildman–Crippen LogP) is 2.15. The molecule has 0 spiro atoms. The molecule has 1 rings (SSSR count). The van der Waals surface area contributed by atoms with Crippen LogP contribution < -0.4 is 5.32 Å². The van der Waals surface area contributed by atoms with E-state index in [-0.39, 0.29) is 38.6 Å². The minimum atomic E-state index is 0. The molecule has 1 aromatic rings. The average Bonchev–Trinajstić information content (AvgIpc) is 1.90. The SMILES string of the molecule is CNc1ccccc1.Cl.[Zr]. The van der Waals surface area contributed by atoms with Crippen LogP contribution in [0.1, 0.15) is 0 Å². The van der Waals surface area contributed by atoms with Gasteiger partial charge in [-0.1, -0.05) is 18.2 Å². The van der Waals surface area contributed by atoms with E-state index in [0.717, 1.165) is 5.69 Å². The van der Waals surface area contributed by atoms with Crippen molar-refractivity contribution in [1.29, 1.82) is 0 Å². The largest absolute Gasteiger partial charge is 0.388 e. The standard InChI is InChI=1S/C7H9N.ClH.Zr/c1-8-7-5-3-2-4-6-7;;/h2-6,8H,1H3;1H;. The molecule has 0 aliphatic rings. The van der Waals surface area contributed by atoms with Crippen LogP contribution in [0.3, 0.4) is 0 Å². The number of anilines is 1. The minimum Gasteiger partial charge on any atom is -0.388 e. The minimum absolute atomic E-state index is 0. The molecule has 54 valence electrons. The number of benzene rings is 1. The number of halogens is 1. The zero-order chi connectivity index (χ0) is 5.82. The summed E-state index contributed by atoms with van der Waals surface area (Å²) in [6.45, 7) is 0. The van der Waals surface area contributed by atoms with Crippen molar-refractivity contribution in [1.82, 2.24) is 0 Å². The Bertz CT molecular complexity index is 155. The van der Waals surface area contributed by atoms with Gasteiger partial charge < -0.3 is 5.32 Å². The number of para-hydroxylation sites is 1. The first-order chi connectivity index (χ1) is 3.93. The van der Waals surface area contributed by atoms with Gasteiger partial charge in [0.25, 0.3) is 0 Å². The van der Waals surface area contributed by atoms with Gasteiger partial charge in [-0.15, -0.1) is 12.4 Å². The number of hydrogen-bond acceptors (Lipinski definition) is 1. The summed E-state index contributed by atoms with van der Waals surface area (Å²) in [7, 11) is 1.91. The second-order valence-corrected chi connectivity index (χ2v) is 1.62. The van der Waals surface area contributed by atoms with Crippen LogP contribution in [-0.2, 0) is 26.2 Å². The predicted molar refractivity (Wildman–Crippen MR) is 43.2 cm³/mol. The van der Waals surface area contributed by atoms with Gasteiger partial charge in [-0.25, -0.2) is 0 Å². The summed E-state index contributed by atoms with van der Waals surface area (Å²) in [5.74, 6) is 0. The molecule has 0 radical (unpaired) electrons. The van der Waals surface area contributed by atoms with E-state index in [1.54, 1.807) is 0 Å². The summed E-state index contributed by atoms with van der Waals surface area (Å²) in [5.41, 5.74) is 1.16. The van der Waals surface area contributed by atoms with Gasteiger partial charge >= 0.3 is 0 Å².